The molecule has 0 unspecified atom stereocenters. The normalized spacial score (nSPS) is 10.9. The number of amides is 1. The fourth-order valence-corrected chi connectivity index (χ4v) is 3.39. The maximum atomic E-state index is 11.3. The maximum Gasteiger partial charge on any atom is 0.248 e. The summed E-state index contributed by atoms with van der Waals surface area (Å²) in [5.74, 6) is -0.417. The molecule has 0 fully saturated rings. The quantitative estimate of drug-likeness (QED) is 0.588. The van der Waals surface area contributed by atoms with Crippen LogP contribution in [0.4, 0.5) is 0 Å². The molecular formula is C20H20Cl2N4O. The number of carbonyl (C=O) groups excluding carboxylic acids is 1. The van der Waals surface area contributed by atoms with Gasteiger partial charge in [0.25, 0.3) is 0 Å². The number of nitrogens with two attached hydrogens (primary N) is 1. The predicted molar refractivity (Wildman–Crippen MR) is 109 cm³/mol. The van der Waals surface area contributed by atoms with Gasteiger partial charge >= 0.3 is 0 Å². The molecule has 0 atom stereocenters. The topological polar surface area (TPSA) is 72.9 Å². The molecule has 0 saturated carbocycles. The summed E-state index contributed by atoms with van der Waals surface area (Å²) in [4.78, 5) is 11.3. The molecule has 0 aliphatic rings. The SMILES string of the molecule is Cc1nn(-c2ccccc2Cl)c(Cl)c1CNCCc1cccc(C(N)=O)c1. The lowest BCUT2D eigenvalue weighted by molar-refractivity contribution is 0.1000. The van der Waals surface area contributed by atoms with Crippen molar-refractivity contribution >= 4 is 29.1 Å². The van der Waals surface area contributed by atoms with E-state index in [-0.39, 0.29) is 0 Å². The highest BCUT2D eigenvalue weighted by molar-refractivity contribution is 6.33. The van der Waals surface area contributed by atoms with E-state index in [2.05, 4.69) is 10.4 Å². The Hall–Kier alpha value is -2.34. The highest BCUT2D eigenvalue weighted by atomic mass is 35.5. The van der Waals surface area contributed by atoms with Gasteiger partial charge in [-0.25, -0.2) is 4.68 Å². The van der Waals surface area contributed by atoms with Crippen molar-refractivity contribution in [2.45, 2.75) is 19.9 Å². The Labute approximate surface area is 168 Å². The van der Waals surface area contributed by atoms with Crippen LogP contribution in [0.3, 0.4) is 0 Å². The Bertz CT molecular complexity index is 968. The summed E-state index contributed by atoms with van der Waals surface area (Å²) in [6, 6.07) is 14.8. The summed E-state index contributed by atoms with van der Waals surface area (Å²) in [5.41, 5.74) is 9.42. The van der Waals surface area contributed by atoms with Crippen LogP contribution in [0.2, 0.25) is 10.2 Å². The number of para-hydroxylation sites is 1. The zero-order valence-corrected chi connectivity index (χ0v) is 16.4. The van der Waals surface area contributed by atoms with E-state index in [0.29, 0.717) is 22.3 Å². The van der Waals surface area contributed by atoms with E-state index in [4.69, 9.17) is 28.9 Å². The molecule has 5 nitrogen and oxygen atoms in total. The molecule has 140 valence electrons. The Morgan fingerprint density at radius 2 is 1.96 bits per heavy atom. The van der Waals surface area contributed by atoms with Gasteiger partial charge < -0.3 is 11.1 Å². The Kier molecular flexibility index (Phi) is 6.16. The number of nitrogens with zero attached hydrogens (tertiary/aromatic N) is 2. The van der Waals surface area contributed by atoms with Gasteiger partial charge in [0.15, 0.2) is 0 Å². The van der Waals surface area contributed by atoms with Crippen molar-refractivity contribution in [2.24, 2.45) is 5.73 Å². The Balaban J connectivity index is 1.65. The van der Waals surface area contributed by atoms with E-state index < -0.39 is 5.91 Å². The standard InChI is InChI=1S/C20H20Cl2N4O/c1-13-16(19(22)26(25-13)18-8-3-2-7-17(18)21)12-24-10-9-14-5-4-6-15(11-14)20(23)27/h2-8,11,24H,9-10,12H2,1H3,(H2,23,27). The van der Waals surface area contributed by atoms with E-state index in [1.165, 1.54) is 0 Å². The summed E-state index contributed by atoms with van der Waals surface area (Å²) in [5, 5.41) is 9.03. The van der Waals surface area contributed by atoms with Crippen LogP contribution in [0.15, 0.2) is 48.5 Å². The Morgan fingerprint density at radius 3 is 2.70 bits per heavy atom. The van der Waals surface area contributed by atoms with Crippen LogP contribution in [0.1, 0.15) is 27.2 Å². The van der Waals surface area contributed by atoms with Crippen molar-refractivity contribution in [2.75, 3.05) is 6.54 Å². The zero-order valence-electron chi connectivity index (χ0n) is 14.9. The van der Waals surface area contributed by atoms with Gasteiger partial charge in [0.05, 0.1) is 16.4 Å². The zero-order chi connectivity index (χ0) is 19.4. The number of hydrogen-bond acceptors (Lipinski definition) is 3. The lowest BCUT2D eigenvalue weighted by Gasteiger charge is -2.07. The van der Waals surface area contributed by atoms with Gasteiger partial charge in [0.2, 0.25) is 5.91 Å². The minimum atomic E-state index is -0.417. The average molecular weight is 403 g/mol. The molecule has 0 spiro atoms. The summed E-state index contributed by atoms with van der Waals surface area (Å²) in [6.07, 6.45) is 0.774. The molecule has 1 amide bonds. The van der Waals surface area contributed by atoms with Crippen molar-refractivity contribution in [1.82, 2.24) is 15.1 Å². The first-order valence-corrected chi connectivity index (χ1v) is 9.31. The fraction of sp³-hybridized carbons (Fsp3) is 0.200. The van der Waals surface area contributed by atoms with Crippen LogP contribution < -0.4 is 11.1 Å². The van der Waals surface area contributed by atoms with E-state index >= 15 is 0 Å². The molecule has 0 bridgehead atoms. The van der Waals surface area contributed by atoms with Crippen molar-refractivity contribution < 1.29 is 4.79 Å². The molecule has 1 aromatic heterocycles. The molecule has 3 N–H and O–H groups in total. The van der Waals surface area contributed by atoms with E-state index in [1.807, 2.05) is 49.4 Å². The summed E-state index contributed by atoms with van der Waals surface area (Å²) >= 11 is 12.8. The van der Waals surface area contributed by atoms with Crippen molar-refractivity contribution in [3.63, 3.8) is 0 Å². The minimum Gasteiger partial charge on any atom is -0.366 e. The summed E-state index contributed by atoms with van der Waals surface area (Å²) in [6.45, 7) is 3.24. The van der Waals surface area contributed by atoms with Crippen LogP contribution in [-0.4, -0.2) is 22.2 Å². The first-order valence-electron chi connectivity index (χ1n) is 8.55. The van der Waals surface area contributed by atoms with Crippen molar-refractivity contribution in [3.05, 3.63) is 81.1 Å². The number of halogens is 2. The monoisotopic (exact) mass is 402 g/mol. The second kappa shape index (κ2) is 8.57. The van der Waals surface area contributed by atoms with Gasteiger partial charge in [-0.15, -0.1) is 0 Å². The van der Waals surface area contributed by atoms with E-state index in [9.17, 15) is 4.79 Å². The van der Waals surface area contributed by atoms with Crippen LogP contribution in [-0.2, 0) is 13.0 Å². The van der Waals surface area contributed by atoms with Gasteiger partial charge in [-0.1, -0.05) is 47.5 Å². The highest BCUT2D eigenvalue weighted by Crippen LogP contribution is 2.27. The molecule has 0 radical (unpaired) electrons. The van der Waals surface area contributed by atoms with Gasteiger partial charge in [-0.3, -0.25) is 4.79 Å². The van der Waals surface area contributed by atoms with E-state index in [0.717, 1.165) is 35.5 Å². The molecule has 0 aliphatic heterocycles. The highest BCUT2D eigenvalue weighted by Gasteiger charge is 2.15. The third kappa shape index (κ3) is 4.50. The number of primary amides is 1. The van der Waals surface area contributed by atoms with Gasteiger partial charge in [0.1, 0.15) is 5.15 Å². The van der Waals surface area contributed by atoms with Crippen LogP contribution in [0, 0.1) is 6.92 Å². The lowest BCUT2D eigenvalue weighted by Crippen LogP contribution is -2.17. The number of nitrogens with one attached hydrogen (secondary N) is 1. The molecular weight excluding hydrogens is 383 g/mol. The van der Waals surface area contributed by atoms with Crippen molar-refractivity contribution in [3.8, 4) is 5.69 Å². The first-order chi connectivity index (χ1) is 13.0. The van der Waals surface area contributed by atoms with Gasteiger partial charge in [0, 0.05) is 17.7 Å². The largest absolute Gasteiger partial charge is 0.366 e. The third-order valence-electron chi connectivity index (χ3n) is 4.31. The smallest absolute Gasteiger partial charge is 0.248 e. The molecule has 1 heterocycles. The number of carbonyl (C=O) groups is 1. The molecule has 3 rings (SSSR count). The second-order valence-electron chi connectivity index (χ2n) is 6.21. The molecule has 2 aromatic carbocycles. The first kappa shape index (κ1) is 19.4. The molecule has 0 saturated heterocycles. The van der Waals surface area contributed by atoms with Crippen molar-refractivity contribution in [1.29, 1.82) is 0 Å². The number of benzene rings is 2. The van der Waals surface area contributed by atoms with Crippen LogP contribution >= 0.6 is 23.2 Å². The number of aromatic nitrogens is 2. The maximum absolute atomic E-state index is 11.3. The molecule has 7 heteroatoms. The minimum absolute atomic E-state index is 0.417. The number of aryl methyl sites for hydroxylation is 1. The average Bonchev–Trinajstić information content (AvgIpc) is 2.93. The fourth-order valence-electron chi connectivity index (χ4n) is 2.84. The van der Waals surface area contributed by atoms with Crippen LogP contribution in [0.25, 0.3) is 5.69 Å². The van der Waals surface area contributed by atoms with Gasteiger partial charge in [-0.05, 0) is 49.7 Å². The predicted octanol–water partition coefficient (Wildman–Crippen LogP) is 3.92. The second-order valence-corrected chi connectivity index (χ2v) is 6.97. The molecule has 0 aliphatic carbocycles. The third-order valence-corrected chi connectivity index (χ3v) is 5.01. The molecule has 27 heavy (non-hydrogen) atoms. The van der Waals surface area contributed by atoms with Gasteiger partial charge in [-0.2, -0.15) is 5.10 Å². The Morgan fingerprint density at radius 1 is 1.19 bits per heavy atom. The summed E-state index contributed by atoms with van der Waals surface area (Å²) in [7, 11) is 0. The number of rotatable bonds is 7. The van der Waals surface area contributed by atoms with E-state index in [1.54, 1.807) is 10.7 Å². The summed E-state index contributed by atoms with van der Waals surface area (Å²) < 4.78 is 1.66. The molecule has 3 aromatic rings. The number of hydrogen-bond donors (Lipinski definition) is 2. The van der Waals surface area contributed by atoms with Crippen LogP contribution in [0.5, 0.6) is 0 Å². The lowest BCUT2D eigenvalue weighted by atomic mass is 10.1.